The first kappa shape index (κ1) is 9.87. The number of benzene rings is 1. The summed E-state index contributed by atoms with van der Waals surface area (Å²) < 4.78 is 14.1. The summed E-state index contributed by atoms with van der Waals surface area (Å²) in [5.41, 5.74) is 6.17. The highest BCUT2D eigenvalue weighted by Gasteiger charge is 2.12. The first-order valence-corrected chi connectivity index (χ1v) is 4.86. The number of anilines is 1. The second-order valence-corrected chi connectivity index (χ2v) is 3.81. The smallest absolute Gasteiger partial charge is 0.151 e. The normalized spacial score (nSPS) is 10.2. The van der Waals surface area contributed by atoms with Crippen molar-refractivity contribution in [2.24, 2.45) is 0 Å². The maximum atomic E-state index is 13.5. The van der Waals surface area contributed by atoms with Crippen molar-refractivity contribution in [3.05, 3.63) is 34.3 Å². The maximum Gasteiger partial charge on any atom is 0.151 e. The Labute approximate surface area is 93.5 Å². The van der Waals surface area contributed by atoms with Gasteiger partial charge >= 0.3 is 0 Å². The van der Waals surface area contributed by atoms with Crippen molar-refractivity contribution in [3.8, 4) is 6.07 Å². The first-order chi connectivity index (χ1) is 7.15. The lowest BCUT2D eigenvalue weighted by Crippen LogP contribution is -1.95. The summed E-state index contributed by atoms with van der Waals surface area (Å²) in [6.07, 6.45) is 1.44. The molecule has 5 heteroatoms. The molecule has 0 atom stereocenters. The molecule has 0 aliphatic rings. The van der Waals surface area contributed by atoms with Gasteiger partial charge in [-0.3, -0.25) is 0 Å². The van der Waals surface area contributed by atoms with Gasteiger partial charge in [-0.25, -0.2) is 9.37 Å². The molecular weight excluding hydrogens is 261 g/mol. The highest BCUT2D eigenvalue weighted by molar-refractivity contribution is 9.10. The molecule has 0 amide bonds. The third kappa shape index (κ3) is 1.43. The molecule has 3 nitrogen and oxygen atoms in total. The molecule has 0 saturated heterocycles. The lowest BCUT2D eigenvalue weighted by molar-refractivity contribution is 0.639. The number of rotatable bonds is 0. The van der Waals surface area contributed by atoms with Crippen molar-refractivity contribution in [1.82, 2.24) is 4.98 Å². The van der Waals surface area contributed by atoms with Gasteiger partial charge in [-0.2, -0.15) is 5.26 Å². The average molecular weight is 266 g/mol. The van der Waals surface area contributed by atoms with E-state index >= 15 is 0 Å². The molecule has 1 aromatic heterocycles. The maximum absolute atomic E-state index is 13.5. The van der Waals surface area contributed by atoms with Gasteiger partial charge < -0.3 is 5.73 Å². The lowest BCUT2D eigenvalue weighted by Gasteiger charge is -2.06. The molecule has 1 heterocycles. The van der Waals surface area contributed by atoms with Crippen LogP contribution >= 0.6 is 15.9 Å². The van der Waals surface area contributed by atoms with Crippen LogP contribution in [0.5, 0.6) is 0 Å². The number of nitrogen functional groups attached to an aromatic ring is 1. The van der Waals surface area contributed by atoms with E-state index in [4.69, 9.17) is 11.0 Å². The zero-order valence-corrected chi connectivity index (χ0v) is 9.05. The molecule has 0 spiro atoms. The fourth-order valence-corrected chi connectivity index (χ4v) is 1.95. The highest BCUT2D eigenvalue weighted by Crippen LogP contribution is 2.31. The largest absolute Gasteiger partial charge is 0.398 e. The van der Waals surface area contributed by atoms with Gasteiger partial charge in [0, 0.05) is 21.7 Å². The number of nitriles is 1. The van der Waals surface area contributed by atoms with Crippen LogP contribution in [0.25, 0.3) is 10.8 Å². The molecule has 0 unspecified atom stereocenters. The Morgan fingerprint density at radius 3 is 2.80 bits per heavy atom. The number of hydrogen-bond donors (Lipinski definition) is 1. The second kappa shape index (κ2) is 3.48. The summed E-state index contributed by atoms with van der Waals surface area (Å²) >= 11 is 3.23. The Morgan fingerprint density at radius 1 is 1.40 bits per heavy atom. The minimum absolute atomic E-state index is 0.0398. The van der Waals surface area contributed by atoms with E-state index in [2.05, 4.69) is 20.9 Å². The summed E-state index contributed by atoms with van der Waals surface area (Å²) in [6, 6.07) is 4.53. The van der Waals surface area contributed by atoms with E-state index in [-0.39, 0.29) is 11.1 Å². The number of pyridine rings is 1. The summed E-state index contributed by atoms with van der Waals surface area (Å²) in [6.45, 7) is 0. The molecule has 0 radical (unpaired) electrons. The monoisotopic (exact) mass is 265 g/mol. The van der Waals surface area contributed by atoms with Crippen molar-refractivity contribution < 1.29 is 4.39 Å². The number of fused-ring (bicyclic) bond motifs is 1. The SMILES string of the molecule is N#Cc1ncc(Br)c2c(N)ccc(F)c12. The third-order valence-corrected chi connectivity index (χ3v) is 2.68. The predicted octanol–water partition coefficient (Wildman–Crippen LogP) is 2.59. The summed E-state index contributed by atoms with van der Waals surface area (Å²) in [5.74, 6) is -0.496. The van der Waals surface area contributed by atoms with Gasteiger partial charge in [0.1, 0.15) is 11.9 Å². The van der Waals surface area contributed by atoms with Gasteiger partial charge in [-0.1, -0.05) is 0 Å². The van der Waals surface area contributed by atoms with Crippen LogP contribution in [-0.2, 0) is 0 Å². The quantitative estimate of drug-likeness (QED) is 0.745. The van der Waals surface area contributed by atoms with Gasteiger partial charge in [0.25, 0.3) is 0 Å². The number of hydrogen-bond acceptors (Lipinski definition) is 3. The van der Waals surface area contributed by atoms with Gasteiger partial charge in [0.2, 0.25) is 0 Å². The van der Waals surface area contributed by atoms with Crippen LogP contribution in [0, 0.1) is 17.1 Å². The van der Waals surface area contributed by atoms with Crippen molar-refractivity contribution in [1.29, 1.82) is 5.26 Å². The Morgan fingerprint density at radius 2 is 2.13 bits per heavy atom. The Bertz CT molecular complexity index is 581. The molecule has 15 heavy (non-hydrogen) atoms. The molecule has 0 saturated carbocycles. The van der Waals surface area contributed by atoms with E-state index < -0.39 is 5.82 Å². The van der Waals surface area contributed by atoms with Crippen LogP contribution < -0.4 is 5.73 Å². The molecule has 74 valence electrons. The van der Waals surface area contributed by atoms with Gasteiger partial charge in [-0.05, 0) is 28.1 Å². The van der Waals surface area contributed by atoms with Crippen molar-refractivity contribution in [2.45, 2.75) is 0 Å². The van der Waals surface area contributed by atoms with Crippen molar-refractivity contribution >= 4 is 32.4 Å². The third-order valence-electron chi connectivity index (χ3n) is 2.08. The van der Waals surface area contributed by atoms with E-state index in [0.29, 0.717) is 15.5 Å². The predicted molar refractivity (Wildman–Crippen MR) is 58.5 cm³/mol. The molecule has 2 aromatic rings. The molecule has 0 bridgehead atoms. The zero-order chi connectivity index (χ0) is 11.0. The fraction of sp³-hybridized carbons (Fsp3) is 0. The van der Waals surface area contributed by atoms with Gasteiger partial charge in [0.15, 0.2) is 5.69 Å². The van der Waals surface area contributed by atoms with Crippen LogP contribution in [0.4, 0.5) is 10.1 Å². The molecule has 2 rings (SSSR count). The van der Waals surface area contributed by atoms with Crippen molar-refractivity contribution in [2.75, 3.05) is 5.73 Å². The van der Waals surface area contributed by atoms with Crippen LogP contribution in [-0.4, -0.2) is 4.98 Å². The zero-order valence-electron chi connectivity index (χ0n) is 7.46. The Hall–Kier alpha value is -1.67. The lowest BCUT2D eigenvalue weighted by atomic mass is 10.1. The molecule has 1 aromatic carbocycles. The standard InChI is InChI=1S/C10H5BrFN3/c11-5-4-15-8(3-13)10-6(12)1-2-7(14)9(5)10/h1-2,4H,14H2. The van der Waals surface area contributed by atoms with Crippen molar-refractivity contribution in [3.63, 3.8) is 0 Å². The fourth-order valence-electron chi connectivity index (χ4n) is 1.42. The molecule has 2 N–H and O–H groups in total. The number of nitrogens with zero attached hydrogens (tertiary/aromatic N) is 2. The first-order valence-electron chi connectivity index (χ1n) is 4.07. The second-order valence-electron chi connectivity index (χ2n) is 2.95. The van der Waals surface area contributed by atoms with E-state index in [0.717, 1.165) is 0 Å². The van der Waals surface area contributed by atoms with E-state index in [1.54, 1.807) is 0 Å². The topological polar surface area (TPSA) is 62.7 Å². The minimum Gasteiger partial charge on any atom is -0.398 e. The molecule has 0 fully saturated rings. The van der Waals surface area contributed by atoms with Crippen LogP contribution in [0.15, 0.2) is 22.8 Å². The molecular formula is C10H5BrFN3. The van der Waals surface area contributed by atoms with Gasteiger partial charge in [0.05, 0.1) is 5.39 Å². The number of halogens is 2. The Kier molecular flexibility index (Phi) is 2.29. The summed E-state index contributed by atoms with van der Waals surface area (Å²) in [7, 11) is 0. The minimum atomic E-state index is -0.496. The highest BCUT2D eigenvalue weighted by atomic mass is 79.9. The average Bonchev–Trinajstić information content (AvgIpc) is 2.23. The Balaban J connectivity index is 3.07. The van der Waals surface area contributed by atoms with Gasteiger partial charge in [-0.15, -0.1) is 0 Å². The van der Waals surface area contributed by atoms with Crippen LogP contribution in [0.2, 0.25) is 0 Å². The molecule has 0 aliphatic heterocycles. The number of aromatic nitrogens is 1. The van der Waals surface area contributed by atoms with Crippen LogP contribution in [0.3, 0.4) is 0 Å². The van der Waals surface area contributed by atoms with E-state index in [1.165, 1.54) is 18.3 Å². The van der Waals surface area contributed by atoms with E-state index in [9.17, 15) is 4.39 Å². The summed E-state index contributed by atoms with van der Waals surface area (Å²) in [5, 5.41) is 9.45. The number of nitrogens with two attached hydrogens (primary N) is 1. The molecule has 0 aliphatic carbocycles. The van der Waals surface area contributed by atoms with Crippen LogP contribution in [0.1, 0.15) is 5.69 Å². The van der Waals surface area contributed by atoms with E-state index in [1.807, 2.05) is 6.07 Å². The summed E-state index contributed by atoms with van der Waals surface area (Å²) in [4.78, 5) is 3.82.